The Hall–Kier alpha value is -5.24. The molecule has 0 aliphatic heterocycles. The molecule has 0 radical (unpaired) electrons. The van der Waals surface area contributed by atoms with Crippen molar-refractivity contribution >= 4 is 24.2 Å². The zero-order valence-corrected chi connectivity index (χ0v) is 27.4. The van der Waals surface area contributed by atoms with Crippen LogP contribution in [0.15, 0.2) is 97.1 Å². The molecule has 48 heavy (non-hydrogen) atoms. The molecule has 0 aromatic heterocycles. The highest BCUT2D eigenvalue weighted by atomic mass is 16.5. The molecule has 8 nitrogen and oxygen atoms in total. The van der Waals surface area contributed by atoms with Gasteiger partial charge in [-0.15, -0.1) is 0 Å². The summed E-state index contributed by atoms with van der Waals surface area (Å²) in [6, 6.07) is 24.9. The Morgan fingerprint density at radius 1 is 0.500 bits per heavy atom. The third kappa shape index (κ3) is 11.8. The van der Waals surface area contributed by atoms with Crippen LogP contribution in [0.3, 0.4) is 0 Å². The Labute approximate surface area is 282 Å². The van der Waals surface area contributed by atoms with Crippen LogP contribution < -0.4 is 18.9 Å². The lowest BCUT2D eigenvalue weighted by Gasteiger charge is -2.09. The first-order valence-corrected chi connectivity index (χ1v) is 16.6. The molecule has 0 spiro atoms. The smallest absolute Gasteiger partial charge is 0.343 e. The van der Waals surface area contributed by atoms with E-state index in [0.717, 1.165) is 12.8 Å². The zero-order valence-electron chi connectivity index (χ0n) is 27.4. The molecule has 0 unspecified atom stereocenters. The Kier molecular flexibility index (Phi) is 14.4. The van der Waals surface area contributed by atoms with E-state index in [2.05, 4.69) is 6.92 Å². The van der Waals surface area contributed by atoms with Gasteiger partial charge in [-0.3, -0.25) is 4.79 Å². The van der Waals surface area contributed by atoms with E-state index >= 15 is 0 Å². The number of aldehydes is 1. The fourth-order valence-electron chi connectivity index (χ4n) is 4.92. The molecule has 0 heterocycles. The predicted molar refractivity (Wildman–Crippen MR) is 183 cm³/mol. The van der Waals surface area contributed by atoms with Crippen LogP contribution in [0.4, 0.5) is 0 Å². The second-order valence-electron chi connectivity index (χ2n) is 11.5. The molecule has 0 N–H and O–H groups in total. The van der Waals surface area contributed by atoms with E-state index in [0.29, 0.717) is 29.8 Å². The molecular formula is C40H42O8. The van der Waals surface area contributed by atoms with Gasteiger partial charge in [0.1, 0.15) is 29.3 Å². The molecule has 4 aromatic rings. The lowest BCUT2D eigenvalue weighted by Crippen LogP contribution is -2.11. The molecule has 0 saturated carbocycles. The summed E-state index contributed by atoms with van der Waals surface area (Å²) in [4.78, 5) is 48.7. The lowest BCUT2D eigenvalue weighted by molar-refractivity contribution is 0.0723. The fourth-order valence-corrected chi connectivity index (χ4v) is 4.92. The third-order valence-corrected chi connectivity index (χ3v) is 7.67. The summed E-state index contributed by atoms with van der Waals surface area (Å²) < 4.78 is 22.1. The van der Waals surface area contributed by atoms with Gasteiger partial charge in [0.25, 0.3) is 0 Å². The SMILES string of the molecule is CCCCCCCCCCCCOc1ccc(C(=O)Oc2ccc(C(=O)Oc3cccc(OC(=O)c4ccc(C=O)cc4)c3)cc2)cc1. The van der Waals surface area contributed by atoms with Gasteiger partial charge >= 0.3 is 17.9 Å². The highest BCUT2D eigenvalue weighted by Crippen LogP contribution is 2.23. The maximum absolute atomic E-state index is 12.7. The Balaban J connectivity index is 1.17. The average Bonchev–Trinajstić information content (AvgIpc) is 3.11. The third-order valence-electron chi connectivity index (χ3n) is 7.67. The molecule has 0 fully saturated rings. The largest absolute Gasteiger partial charge is 0.494 e. The molecule has 0 aliphatic carbocycles. The van der Waals surface area contributed by atoms with Crippen molar-refractivity contribution in [3.63, 3.8) is 0 Å². The topological polar surface area (TPSA) is 105 Å². The number of hydrogen-bond acceptors (Lipinski definition) is 8. The standard InChI is InChI=1S/C40H42O8/c1-2-3-4-5-6-7-8-9-10-11-27-45-34-23-19-32(20-24-34)38(42)46-35-25-21-33(22-26-35)40(44)48-37-14-12-13-36(28-37)47-39(43)31-17-15-30(29-41)16-18-31/h12-26,28-29H,2-11,27H2,1H3. The summed E-state index contributed by atoms with van der Waals surface area (Å²) in [5.74, 6) is -0.460. The molecule has 0 atom stereocenters. The van der Waals surface area contributed by atoms with Crippen molar-refractivity contribution in [2.24, 2.45) is 0 Å². The number of unbranched alkanes of at least 4 members (excludes halogenated alkanes) is 9. The van der Waals surface area contributed by atoms with Crippen molar-refractivity contribution in [3.05, 3.63) is 119 Å². The van der Waals surface area contributed by atoms with Crippen LogP contribution in [0.2, 0.25) is 0 Å². The number of esters is 3. The number of benzene rings is 4. The maximum atomic E-state index is 12.7. The van der Waals surface area contributed by atoms with Gasteiger partial charge in [0, 0.05) is 11.6 Å². The average molecular weight is 651 g/mol. The molecular weight excluding hydrogens is 608 g/mol. The van der Waals surface area contributed by atoms with E-state index in [1.807, 2.05) is 0 Å². The monoisotopic (exact) mass is 650 g/mol. The Morgan fingerprint density at radius 2 is 0.917 bits per heavy atom. The number of ether oxygens (including phenoxy) is 4. The van der Waals surface area contributed by atoms with Crippen LogP contribution in [0.5, 0.6) is 23.0 Å². The van der Waals surface area contributed by atoms with Crippen LogP contribution in [0.1, 0.15) is 113 Å². The van der Waals surface area contributed by atoms with Gasteiger partial charge in [0.15, 0.2) is 0 Å². The van der Waals surface area contributed by atoms with E-state index in [1.165, 1.54) is 106 Å². The minimum Gasteiger partial charge on any atom is -0.494 e. The summed E-state index contributed by atoms with van der Waals surface area (Å²) in [5.41, 5.74) is 1.32. The highest BCUT2D eigenvalue weighted by molar-refractivity contribution is 5.93. The van der Waals surface area contributed by atoms with E-state index in [-0.39, 0.29) is 28.4 Å². The van der Waals surface area contributed by atoms with E-state index in [4.69, 9.17) is 18.9 Å². The van der Waals surface area contributed by atoms with Crippen molar-refractivity contribution < 1.29 is 38.1 Å². The number of carbonyl (C=O) groups is 4. The second-order valence-corrected chi connectivity index (χ2v) is 11.5. The van der Waals surface area contributed by atoms with E-state index < -0.39 is 17.9 Å². The van der Waals surface area contributed by atoms with Crippen LogP contribution in [0.25, 0.3) is 0 Å². The van der Waals surface area contributed by atoms with Crippen molar-refractivity contribution in [2.75, 3.05) is 6.61 Å². The van der Waals surface area contributed by atoms with Crippen LogP contribution in [-0.2, 0) is 0 Å². The lowest BCUT2D eigenvalue weighted by atomic mass is 10.1. The van der Waals surface area contributed by atoms with Gasteiger partial charge in [0.2, 0.25) is 0 Å². The quantitative estimate of drug-likeness (QED) is 0.0428. The van der Waals surface area contributed by atoms with Gasteiger partial charge in [-0.1, -0.05) is 82.9 Å². The molecule has 0 amide bonds. The molecule has 0 aliphatic rings. The van der Waals surface area contributed by atoms with Crippen molar-refractivity contribution in [3.8, 4) is 23.0 Å². The molecule has 250 valence electrons. The van der Waals surface area contributed by atoms with Crippen LogP contribution in [-0.4, -0.2) is 30.8 Å². The first kappa shape index (κ1) is 35.6. The fraction of sp³-hybridized carbons (Fsp3) is 0.300. The van der Waals surface area contributed by atoms with Gasteiger partial charge in [-0.2, -0.15) is 0 Å². The minimum atomic E-state index is -0.644. The normalized spacial score (nSPS) is 10.6. The molecule has 4 rings (SSSR count). The summed E-state index contributed by atoms with van der Waals surface area (Å²) in [5, 5.41) is 0. The summed E-state index contributed by atoms with van der Waals surface area (Å²) in [7, 11) is 0. The second kappa shape index (κ2) is 19.4. The van der Waals surface area contributed by atoms with Gasteiger partial charge in [0.05, 0.1) is 23.3 Å². The van der Waals surface area contributed by atoms with Gasteiger partial charge < -0.3 is 18.9 Å². The summed E-state index contributed by atoms with van der Waals surface area (Å²) in [6.07, 6.45) is 13.4. The molecule has 0 saturated heterocycles. The number of hydrogen-bond donors (Lipinski definition) is 0. The highest BCUT2D eigenvalue weighted by Gasteiger charge is 2.14. The summed E-state index contributed by atoms with van der Waals surface area (Å²) >= 11 is 0. The van der Waals surface area contributed by atoms with E-state index in [9.17, 15) is 19.2 Å². The molecule has 8 heteroatoms. The molecule has 0 bridgehead atoms. The van der Waals surface area contributed by atoms with Crippen molar-refractivity contribution in [1.82, 2.24) is 0 Å². The Morgan fingerprint density at radius 3 is 1.40 bits per heavy atom. The molecule has 4 aromatic carbocycles. The zero-order chi connectivity index (χ0) is 34.0. The maximum Gasteiger partial charge on any atom is 0.343 e. The summed E-state index contributed by atoms with van der Waals surface area (Å²) in [6.45, 7) is 2.89. The minimum absolute atomic E-state index is 0.174. The number of rotatable bonds is 19. The first-order chi connectivity index (χ1) is 23.4. The van der Waals surface area contributed by atoms with Gasteiger partial charge in [-0.25, -0.2) is 14.4 Å². The van der Waals surface area contributed by atoms with Crippen molar-refractivity contribution in [2.45, 2.75) is 71.1 Å². The van der Waals surface area contributed by atoms with E-state index in [1.54, 1.807) is 42.5 Å². The number of carbonyl (C=O) groups excluding carboxylic acids is 4. The van der Waals surface area contributed by atoms with Crippen LogP contribution in [0, 0.1) is 0 Å². The van der Waals surface area contributed by atoms with Gasteiger partial charge in [-0.05, 0) is 79.2 Å². The van der Waals surface area contributed by atoms with Crippen LogP contribution >= 0.6 is 0 Å². The Bertz CT molecular complexity index is 1610. The van der Waals surface area contributed by atoms with Crippen molar-refractivity contribution in [1.29, 1.82) is 0 Å². The first-order valence-electron chi connectivity index (χ1n) is 16.6. The predicted octanol–water partition coefficient (Wildman–Crippen LogP) is 9.46.